The van der Waals surface area contributed by atoms with Gasteiger partial charge in [0.05, 0.1) is 0 Å². The van der Waals surface area contributed by atoms with Crippen molar-refractivity contribution in [1.29, 1.82) is 0 Å². The van der Waals surface area contributed by atoms with Crippen molar-refractivity contribution in [1.82, 2.24) is 15.6 Å². The van der Waals surface area contributed by atoms with Crippen molar-refractivity contribution >= 4 is 11.3 Å². The van der Waals surface area contributed by atoms with Gasteiger partial charge >= 0.3 is 0 Å². The molecule has 0 saturated carbocycles. The minimum atomic E-state index is 0.634. The van der Waals surface area contributed by atoms with E-state index in [4.69, 9.17) is 0 Å². The predicted molar refractivity (Wildman–Crippen MR) is 73.4 cm³/mol. The lowest BCUT2D eigenvalue weighted by Crippen LogP contribution is -2.46. The minimum Gasteiger partial charge on any atom is -0.312 e. The zero-order valence-electron chi connectivity index (χ0n) is 10.8. The molecule has 96 valence electrons. The SMILES string of the molecule is CCc1cnc(CNCC2NCCCC2C)s1. The van der Waals surface area contributed by atoms with Crippen LogP contribution < -0.4 is 10.6 Å². The lowest BCUT2D eigenvalue weighted by Gasteiger charge is -2.30. The molecule has 2 rings (SSSR count). The summed E-state index contributed by atoms with van der Waals surface area (Å²) in [5.74, 6) is 0.791. The van der Waals surface area contributed by atoms with Crippen molar-refractivity contribution in [2.75, 3.05) is 13.1 Å². The molecule has 1 aliphatic rings. The number of thiazole rings is 1. The summed E-state index contributed by atoms with van der Waals surface area (Å²) in [7, 11) is 0. The Kier molecular flexibility index (Phi) is 4.95. The fourth-order valence-corrected chi connectivity index (χ4v) is 3.15. The number of aromatic nitrogens is 1. The van der Waals surface area contributed by atoms with Gasteiger partial charge in [0.15, 0.2) is 0 Å². The zero-order chi connectivity index (χ0) is 12.1. The number of hydrogen-bond donors (Lipinski definition) is 2. The number of nitrogens with one attached hydrogen (secondary N) is 2. The van der Waals surface area contributed by atoms with Crippen molar-refractivity contribution in [2.45, 2.75) is 45.7 Å². The second-order valence-electron chi connectivity index (χ2n) is 4.88. The normalized spacial score (nSPS) is 25.1. The maximum absolute atomic E-state index is 4.42. The van der Waals surface area contributed by atoms with Crippen LogP contribution in [0.4, 0.5) is 0 Å². The molecule has 2 N–H and O–H groups in total. The van der Waals surface area contributed by atoms with Gasteiger partial charge in [0.2, 0.25) is 0 Å². The maximum Gasteiger partial charge on any atom is 0.107 e. The van der Waals surface area contributed by atoms with Gasteiger partial charge in [-0.2, -0.15) is 0 Å². The van der Waals surface area contributed by atoms with Crippen molar-refractivity contribution in [3.8, 4) is 0 Å². The molecular formula is C13H23N3S. The van der Waals surface area contributed by atoms with E-state index in [1.807, 2.05) is 17.5 Å². The highest BCUT2D eigenvalue weighted by atomic mass is 32.1. The molecule has 0 aliphatic carbocycles. The third-order valence-corrected chi connectivity index (χ3v) is 4.66. The first-order valence-corrected chi connectivity index (χ1v) is 7.49. The standard InChI is InChI=1S/C13H23N3S/c1-3-11-7-16-13(17-11)9-14-8-12-10(2)5-4-6-15-12/h7,10,12,14-15H,3-6,8-9H2,1-2H3. The molecule has 1 fully saturated rings. The van der Waals surface area contributed by atoms with Crippen LogP contribution in [0, 0.1) is 5.92 Å². The van der Waals surface area contributed by atoms with E-state index in [-0.39, 0.29) is 0 Å². The molecule has 0 radical (unpaired) electrons. The van der Waals surface area contributed by atoms with Gasteiger partial charge in [-0.05, 0) is 31.7 Å². The molecule has 1 aromatic rings. The quantitative estimate of drug-likeness (QED) is 0.844. The van der Waals surface area contributed by atoms with E-state index in [0.717, 1.165) is 25.4 Å². The lowest BCUT2D eigenvalue weighted by atomic mass is 9.93. The van der Waals surface area contributed by atoms with Crippen LogP contribution in [0.5, 0.6) is 0 Å². The Balaban J connectivity index is 1.71. The van der Waals surface area contributed by atoms with Gasteiger partial charge in [-0.15, -0.1) is 11.3 Å². The molecule has 0 spiro atoms. The predicted octanol–water partition coefficient (Wildman–Crippen LogP) is 2.18. The Morgan fingerprint density at radius 2 is 2.47 bits per heavy atom. The Hall–Kier alpha value is -0.450. The van der Waals surface area contributed by atoms with Gasteiger partial charge in [0.25, 0.3) is 0 Å². The van der Waals surface area contributed by atoms with E-state index in [9.17, 15) is 0 Å². The van der Waals surface area contributed by atoms with Crippen molar-refractivity contribution in [3.63, 3.8) is 0 Å². The summed E-state index contributed by atoms with van der Waals surface area (Å²) in [5, 5.41) is 8.33. The van der Waals surface area contributed by atoms with Gasteiger partial charge in [-0.25, -0.2) is 4.98 Å². The largest absolute Gasteiger partial charge is 0.312 e. The summed E-state index contributed by atoms with van der Waals surface area (Å²) in [4.78, 5) is 5.80. The van der Waals surface area contributed by atoms with Crippen LogP contribution in [0.15, 0.2) is 6.20 Å². The molecule has 17 heavy (non-hydrogen) atoms. The number of hydrogen-bond acceptors (Lipinski definition) is 4. The fourth-order valence-electron chi connectivity index (χ4n) is 2.32. The molecule has 0 amide bonds. The molecular weight excluding hydrogens is 230 g/mol. The monoisotopic (exact) mass is 253 g/mol. The molecule has 2 atom stereocenters. The second-order valence-corrected chi connectivity index (χ2v) is 6.08. The first-order valence-electron chi connectivity index (χ1n) is 6.67. The third-order valence-electron chi connectivity index (χ3n) is 3.52. The highest BCUT2D eigenvalue weighted by molar-refractivity contribution is 7.11. The van der Waals surface area contributed by atoms with E-state index < -0.39 is 0 Å². The number of aryl methyl sites for hydroxylation is 1. The number of rotatable bonds is 5. The first-order chi connectivity index (χ1) is 8.29. The molecule has 2 unspecified atom stereocenters. The molecule has 0 aromatic carbocycles. The minimum absolute atomic E-state index is 0.634. The van der Waals surface area contributed by atoms with Crippen LogP contribution in [0.1, 0.15) is 36.6 Å². The average Bonchev–Trinajstić information content (AvgIpc) is 2.80. The van der Waals surface area contributed by atoms with E-state index in [2.05, 4.69) is 29.5 Å². The van der Waals surface area contributed by atoms with E-state index >= 15 is 0 Å². The molecule has 1 aliphatic heterocycles. The summed E-state index contributed by atoms with van der Waals surface area (Å²) in [6, 6.07) is 0.634. The van der Waals surface area contributed by atoms with E-state index in [1.54, 1.807) is 0 Å². The summed E-state index contributed by atoms with van der Waals surface area (Å²) >= 11 is 1.83. The fraction of sp³-hybridized carbons (Fsp3) is 0.769. The molecule has 0 bridgehead atoms. The topological polar surface area (TPSA) is 37.0 Å². The van der Waals surface area contributed by atoms with Crippen LogP contribution >= 0.6 is 11.3 Å². The summed E-state index contributed by atoms with van der Waals surface area (Å²) in [6.45, 7) is 7.67. The molecule has 2 heterocycles. The summed E-state index contributed by atoms with van der Waals surface area (Å²) in [5.41, 5.74) is 0. The summed E-state index contributed by atoms with van der Waals surface area (Å²) in [6.07, 6.45) is 5.78. The maximum atomic E-state index is 4.42. The smallest absolute Gasteiger partial charge is 0.107 e. The second kappa shape index (κ2) is 6.47. The highest BCUT2D eigenvalue weighted by Gasteiger charge is 2.19. The van der Waals surface area contributed by atoms with Gasteiger partial charge in [0.1, 0.15) is 5.01 Å². The van der Waals surface area contributed by atoms with E-state index in [0.29, 0.717) is 6.04 Å². The zero-order valence-corrected chi connectivity index (χ0v) is 11.6. The molecule has 4 heteroatoms. The van der Waals surface area contributed by atoms with Crippen molar-refractivity contribution < 1.29 is 0 Å². The lowest BCUT2D eigenvalue weighted by molar-refractivity contribution is 0.290. The number of piperidine rings is 1. The third kappa shape index (κ3) is 3.76. The van der Waals surface area contributed by atoms with Crippen molar-refractivity contribution in [3.05, 3.63) is 16.1 Å². The summed E-state index contributed by atoms with van der Waals surface area (Å²) < 4.78 is 0. The van der Waals surface area contributed by atoms with Crippen LogP contribution in [0.3, 0.4) is 0 Å². The Morgan fingerprint density at radius 1 is 1.59 bits per heavy atom. The Labute approximate surface area is 108 Å². The Morgan fingerprint density at radius 3 is 3.18 bits per heavy atom. The van der Waals surface area contributed by atoms with Gasteiger partial charge < -0.3 is 10.6 Å². The average molecular weight is 253 g/mol. The van der Waals surface area contributed by atoms with Crippen LogP contribution in [-0.4, -0.2) is 24.1 Å². The first kappa shape index (κ1) is 13.0. The number of nitrogens with zero attached hydrogens (tertiary/aromatic N) is 1. The van der Waals surface area contributed by atoms with Crippen LogP contribution in [0.25, 0.3) is 0 Å². The van der Waals surface area contributed by atoms with Gasteiger partial charge in [-0.3, -0.25) is 0 Å². The van der Waals surface area contributed by atoms with Crippen LogP contribution in [0.2, 0.25) is 0 Å². The Bertz CT molecular complexity index is 337. The highest BCUT2D eigenvalue weighted by Crippen LogP contribution is 2.16. The van der Waals surface area contributed by atoms with Crippen molar-refractivity contribution in [2.24, 2.45) is 5.92 Å². The molecule has 1 saturated heterocycles. The van der Waals surface area contributed by atoms with E-state index in [1.165, 1.54) is 29.3 Å². The molecule has 1 aromatic heterocycles. The van der Waals surface area contributed by atoms with Gasteiger partial charge in [0, 0.05) is 30.2 Å². The van der Waals surface area contributed by atoms with Crippen LogP contribution in [-0.2, 0) is 13.0 Å². The van der Waals surface area contributed by atoms with Gasteiger partial charge in [-0.1, -0.05) is 13.8 Å². The molecule has 3 nitrogen and oxygen atoms in total.